The summed E-state index contributed by atoms with van der Waals surface area (Å²) < 4.78 is 31.1. The number of halogens is 2. The molecule has 0 spiro atoms. The minimum Gasteiger partial charge on any atom is -0.504 e. The SMILES string of the molecule is COc1c(F)cc(F)c(O)c1C(N)CC(=O)O. The summed E-state index contributed by atoms with van der Waals surface area (Å²) in [6.45, 7) is 0. The van der Waals surface area contributed by atoms with Crippen molar-refractivity contribution >= 4 is 5.97 Å². The second kappa shape index (κ2) is 4.96. The molecule has 0 amide bonds. The largest absolute Gasteiger partial charge is 0.504 e. The van der Waals surface area contributed by atoms with Crippen molar-refractivity contribution in [3.05, 3.63) is 23.3 Å². The van der Waals surface area contributed by atoms with E-state index in [9.17, 15) is 18.7 Å². The Morgan fingerprint density at radius 3 is 2.59 bits per heavy atom. The summed E-state index contributed by atoms with van der Waals surface area (Å²) in [6, 6.07) is -0.835. The van der Waals surface area contributed by atoms with E-state index >= 15 is 0 Å². The maximum Gasteiger partial charge on any atom is 0.305 e. The van der Waals surface area contributed by atoms with Gasteiger partial charge in [0.2, 0.25) is 0 Å². The third-order valence-electron chi connectivity index (χ3n) is 2.17. The molecule has 0 aliphatic rings. The zero-order chi connectivity index (χ0) is 13.2. The average Bonchev–Trinajstić information content (AvgIpc) is 2.21. The molecule has 0 fully saturated rings. The zero-order valence-corrected chi connectivity index (χ0v) is 8.91. The van der Waals surface area contributed by atoms with Crippen molar-refractivity contribution in [3.8, 4) is 11.5 Å². The summed E-state index contributed by atoms with van der Waals surface area (Å²) in [5.74, 6) is -4.91. The highest BCUT2D eigenvalue weighted by molar-refractivity contribution is 5.68. The molecule has 1 aromatic carbocycles. The second-order valence-electron chi connectivity index (χ2n) is 3.34. The molecule has 0 radical (unpaired) electrons. The number of nitrogens with two attached hydrogens (primary N) is 1. The highest BCUT2D eigenvalue weighted by Crippen LogP contribution is 2.37. The molecule has 0 saturated carbocycles. The third-order valence-corrected chi connectivity index (χ3v) is 2.17. The first-order valence-electron chi connectivity index (χ1n) is 4.60. The van der Waals surface area contributed by atoms with Crippen LogP contribution in [-0.2, 0) is 4.79 Å². The normalized spacial score (nSPS) is 12.2. The minimum atomic E-state index is -1.27. The molecule has 0 aromatic heterocycles. The van der Waals surface area contributed by atoms with Crippen LogP contribution in [0.1, 0.15) is 18.0 Å². The van der Waals surface area contributed by atoms with Crippen molar-refractivity contribution in [3.63, 3.8) is 0 Å². The van der Waals surface area contributed by atoms with Crippen LogP contribution in [0, 0.1) is 11.6 Å². The molecule has 1 aromatic rings. The van der Waals surface area contributed by atoms with E-state index in [-0.39, 0.29) is 0 Å². The number of carboxylic acids is 1. The van der Waals surface area contributed by atoms with Crippen molar-refractivity contribution in [2.45, 2.75) is 12.5 Å². The number of phenolic OH excluding ortho intramolecular Hbond substituents is 1. The minimum absolute atomic E-state index is 0.396. The molecule has 1 rings (SSSR count). The molecule has 4 N–H and O–H groups in total. The van der Waals surface area contributed by atoms with E-state index in [4.69, 9.17) is 10.8 Å². The molecule has 7 heteroatoms. The lowest BCUT2D eigenvalue weighted by molar-refractivity contribution is -0.137. The second-order valence-corrected chi connectivity index (χ2v) is 3.34. The fourth-order valence-corrected chi connectivity index (χ4v) is 1.45. The molecular weight excluding hydrogens is 236 g/mol. The summed E-state index contributed by atoms with van der Waals surface area (Å²) >= 11 is 0. The van der Waals surface area contributed by atoms with Crippen LogP contribution in [-0.4, -0.2) is 23.3 Å². The number of carbonyl (C=O) groups is 1. The molecular formula is C10H11F2NO4. The fraction of sp³-hybridized carbons (Fsp3) is 0.300. The summed E-state index contributed by atoms with van der Waals surface area (Å²) in [7, 11) is 1.10. The van der Waals surface area contributed by atoms with Crippen LogP contribution in [0.15, 0.2) is 6.07 Å². The Morgan fingerprint density at radius 2 is 2.12 bits per heavy atom. The lowest BCUT2D eigenvalue weighted by Gasteiger charge is -2.16. The smallest absolute Gasteiger partial charge is 0.305 e. The van der Waals surface area contributed by atoms with Gasteiger partial charge < -0.3 is 20.7 Å². The monoisotopic (exact) mass is 247 g/mol. The van der Waals surface area contributed by atoms with E-state index in [2.05, 4.69) is 4.74 Å². The number of hydrogen-bond acceptors (Lipinski definition) is 4. The predicted molar refractivity (Wildman–Crippen MR) is 53.8 cm³/mol. The van der Waals surface area contributed by atoms with Gasteiger partial charge in [0.25, 0.3) is 0 Å². The molecule has 1 unspecified atom stereocenters. The van der Waals surface area contributed by atoms with Crippen LogP contribution in [0.4, 0.5) is 8.78 Å². The maximum absolute atomic E-state index is 13.3. The van der Waals surface area contributed by atoms with Crippen LogP contribution in [0.2, 0.25) is 0 Å². The molecule has 1 atom stereocenters. The van der Waals surface area contributed by atoms with Gasteiger partial charge in [-0.15, -0.1) is 0 Å². The van der Waals surface area contributed by atoms with Crippen molar-refractivity contribution in [1.82, 2.24) is 0 Å². The molecule has 5 nitrogen and oxygen atoms in total. The van der Waals surface area contributed by atoms with Gasteiger partial charge in [0.05, 0.1) is 19.1 Å². The van der Waals surface area contributed by atoms with Crippen LogP contribution >= 0.6 is 0 Å². The van der Waals surface area contributed by atoms with Crippen LogP contribution in [0.3, 0.4) is 0 Å². The van der Waals surface area contributed by atoms with Gasteiger partial charge in [-0.1, -0.05) is 0 Å². The highest BCUT2D eigenvalue weighted by Gasteiger charge is 2.25. The summed E-state index contributed by atoms with van der Waals surface area (Å²) in [5, 5.41) is 18.0. The molecule has 0 saturated heterocycles. The van der Waals surface area contributed by atoms with Gasteiger partial charge in [-0.25, -0.2) is 8.78 Å². The van der Waals surface area contributed by atoms with Gasteiger partial charge in [0.1, 0.15) is 0 Å². The predicted octanol–water partition coefficient (Wildman–Crippen LogP) is 1.15. The summed E-state index contributed by atoms with van der Waals surface area (Å²) in [5.41, 5.74) is 5.06. The Labute approximate surface area is 95.4 Å². The lowest BCUT2D eigenvalue weighted by Crippen LogP contribution is -2.17. The Balaban J connectivity index is 3.33. The third kappa shape index (κ3) is 2.62. The van der Waals surface area contributed by atoms with E-state index in [0.29, 0.717) is 6.07 Å². The topological polar surface area (TPSA) is 92.8 Å². The number of aromatic hydroxyl groups is 1. The first-order valence-corrected chi connectivity index (χ1v) is 4.60. The average molecular weight is 247 g/mol. The maximum atomic E-state index is 13.3. The Bertz CT molecular complexity index is 450. The van der Waals surface area contributed by atoms with Gasteiger partial charge in [-0.05, 0) is 0 Å². The van der Waals surface area contributed by atoms with E-state index in [1.807, 2.05) is 0 Å². The van der Waals surface area contributed by atoms with Crippen LogP contribution in [0.25, 0.3) is 0 Å². The summed E-state index contributed by atoms with van der Waals surface area (Å²) in [4.78, 5) is 10.5. The molecule has 0 bridgehead atoms. The van der Waals surface area contributed by atoms with E-state index < -0.39 is 47.1 Å². The Kier molecular flexibility index (Phi) is 3.84. The Morgan fingerprint density at radius 1 is 1.53 bits per heavy atom. The van der Waals surface area contributed by atoms with Crippen molar-refractivity contribution in [1.29, 1.82) is 0 Å². The first kappa shape index (κ1) is 13.2. The lowest BCUT2D eigenvalue weighted by atomic mass is 10.0. The van der Waals surface area contributed by atoms with Crippen LogP contribution < -0.4 is 10.5 Å². The van der Waals surface area contributed by atoms with Crippen molar-refractivity contribution in [2.75, 3.05) is 7.11 Å². The molecule has 0 aliphatic heterocycles. The number of benzene rings is 1. The van der Waals surface area contributed by atoms with Gasteiger partial charge in [-0.2, -0.15) is 0 Å². The fourth-order valence-electron chi connectivity index (χ4n) is 1.45. The molecule has 0 aliphatic carbocycles. The van der Waals surface area contributed by atoms with Crippen molar-refractivity contribution < 1.29 is 28.5 Å². The van der Waals surface area contributed by atoms with Gasteiger partial charge in [0.15, 0.2) is 23.1 Å². The number of carboxylic acid groups (broad SMARTS) is 1. The number of methoxy groups -OCH3 is 1. The van der Waals surface area contributed by atoms with Crippen LogP contribution in [0.5, 0.6) is 11.5 Å². The molecule has 17 heavy (non-hydrogen) atoms. The quantitative estimate of drug-likeness (QED) is 0.742. The van der Waals surface area contributed by atoms with E-state index in [0.717, 1.165) is 7.11 Å². The summed E-state index contributed by atoms with van der Waals surface area (Å²) in [6.07, 6.45) is -0.590. The Hall–Kier alpha value is -1.89. The molecule has 94 valence electrons. The number of phenols is 1. The van der Waals surface area contributed by atoms with Gasteiger partial charge in [0, 0.05) is 12.1 Å². The van der Waals surface area contributed by atoms with E-state index in [1.54, 1.807) is 0 Å². The number of aliphatic carboxylic acids is 1. The van der Waals surface area contributed by atoms with Gasteiger partial charge in [-0.3, -0.25) is 4.79 Å². The van der Waals surface area contributed by atoms with E-state index in [1.165, 1.54) is 0 Å². The number of rotatable bonds is 4. The number of hydrogen-bond donors (Lipinski definition) is 3. The van der Waals surface area contributed by atoms with Gasteiger partial charge >= 0.3 is 5.97 Å². The zero-order valence-electron chi connectivity index (χ0n) is 8.91. The molecule has 0 heterocycles. The number of ether oxygens (including phenoxy) is 1. The first-order chi connectivity index (χ1) is 7.88. The highest BCUT2D eigenvalue weighted by atomic mass is 19.1. The standard InChI is InChI=1S/C10H11F2NO4/c1-17-10-5(12)2-4(11)9(16)8(10)6(13)3-7(14)15/h2,6,16H,3,13H2,1H3,(H,14,15). The van der Waals surface area contributed by atoms with Crippen molar-refractivity contribution in [2.24, 2.45) is 5.73 Å².